The molecule has 5 rings (SSSR count). The summed E-state index contributed by atoms with van der Waals surface area (Å²) in [7, 11) is 0. The summed E-state index contributed by atoms with van der Waals surface area (Å²) in [6, 6.07) is 19.7. The Bertz CT molecular complexity index is 1340. The summed E-state index contributed by atoms with van der Waals surface area (Å²) in [5, 5.41) is 7.68. The molecule has 0 atom stereocenters. The smallest absolute Gasteiger partial charge is 0.279 e. The van der Waals surface area contributed by atoms with Crippen LogP contribution in [0.15, 0.2) is 65.5 Å². The van der Waals surface area contributed by atoms with Crippen LogP contribution in [0.4, 0.5) is 0 Å². The Hall–Kier alpha value is -3.74. The average molecular weight is 442 g/mol. The second-order valence-electron chi connectivity index (χ2n) is 8.68. The third-order valence-corrected chi connectivity index (χ3v) is 6.40. The number of hydrogen-bond acceptors (Lipinski definition) is 4. The number of amides is 1. The molecule has 0 unspecified atom stereocenters. The molecule has 0 bridgehead atoms. The van der Waals surface area contributed by atoms with E-state index in [4.69, 9.17) is 0 Å². The lowest BCUT2D eigenvalue weighted by Crippen LogP contribution is -2.37. The Morgan fingerprint density at radius 3 is 2.39 bits per heavy atom. The van der Waals surface area contributed by atoms with Crippen LogP contribution in [-0.4, -0.2) is 31.1 Å². The number of hydrogen-bond donors (Lipinski definition) is 1. The van der Waals surface area contributed by atoms with Crippen LogP contribution in [-0.2, 0) is 17.8 Å². The number of rotatable bonds is 6. The maximum atomic E-state index is 13.5. The van der Waals surface area contributed by atoms with Crippen LogP contribution < -0.4 is 10.9 Å². The second-order valence-corrected chi connectivity index (χ2v) is 8.68. The first-order valence-corrected chi connectivity index (χ1v) is 11.5. The molecule has 1 fully saturated rings. The minimum absolute atomic E-state index is 0.0644. The van der Waals surface area contributed by atoms with Crippen LogP contribution in [0.5, 0.6) is 0 Å². The van der Waals surface area contributed by atoms with Crippen molar-refractivity contribution >= 4 is 11.7 Å². The molecule has 7 nitrogen and oxygen atoms in total. The molecule has 0 spiro atoms. The van der Waals surface area contributed by atoms with Crippen LogP contribution >= 0.6 is 0 Å². The Morgan fingerprint density at radius 1 is 1.03 bits per heavy atom. The zero-order valence-electron chi connectivity index (χ0n) is 18.7. The van der Waals surface area contributed by atoms with Crippen molar-refractivity contribution in [1.82, 2.24) is 24.5 Å². The number of fused-ring (bicyclic) bond motifs is 1. The van der Waals surface area contributed by atoms with Gasteiger partial charge in [0.05, 0.1) is 0 Å². The lowest BCUT2D eigenvalue weighted by Gasteiger charge is -2.17. The summed E-state index contributed by atoms with van der Waals surface area (Å²) >= 11 is 0. The number of benzene rings is 2. The topological polar surface area (TPSA) is 81.3 Å². The first-order valence-electron chi connectivity index (χ1n) is 11.5. The van der Waals surface area contributed by atoms with Gasteiger partial charge in [0, 0.05) is 29.3 Å². The fraction of sp³-hybridized carbons (Fsp3) is 0.308. The van der Waals surface area contributed by atoms with Crippen LogP contribution in [0.25, 0.3) is 17.2 Å². The molecule has 0 aliphatic heterocycles. The molecule has 33 heavy (non-hydrogen) atoms. The minimum Gasteiger partial charge on any atom is -0.352 e. The maximum Gasteiger partial charge on any atom is 0.279 e. The second kappa shape index (κ2) is 9.02. The molecule has 2 heterocycles. The number of nitrogens with one attached hydrogen (secondary N) is 1. The predicted molar refractivity (Wildman–Crippen MR) is 127 cm³/mol. The first-order chi connectivity index (χ1) is 16.1. The van der Waals surface area contributed by atoms with Crippen molar-refractivity contribution in [2.45, 2.75) is 51.6 Å². The molecule has 2 aromatic carbocycles. The Labute approximate surface area is 192 Å². The summed E-state index contributed by atoms with van der Waals surface area (Å²) in [6.07, 6.45) is 4.81. The van der Waals surface area contributed by atoms with Crippen molar-refractivity contribution < 1.29 is 4.79 Å². The summed E-state index contributed by atoms with van der Waals surface area (Å²) in [6.45, 7) is 1.99. The van der Waals surface area contributed by atoms with Gasteiger partial charge in [-0.25, -0.2) is 0 Å². The lowest BCUT2D eigenvalue weighted by molar-refractivity contribution is -0.122. The number of carbonyl (C=O) groups is 1. The highest BCUT2D eigenvalue weighted by Crippen LogP contribution is 2.20. The van der Waals surface area contributed by atoms with Crippen molar-refractivity contribution in [3.63, 3.8) is 0 Å². The molecule has 7 heteroatoms. The van der Waals surface area contributed by atoms with E-state index in [0.29, 0.717) is 23.6 Å². The molecule has 0 radical (unpaired) electrons. The summed E-state index contributed by atoms with van der Waals surface area (Å²) < 4.78 is 3.17. The highest BCUT2D eigenvalue weighted by atomic mass is 16.2. The van der Waals surface area contributed by atoms with Gasteiger partial charge in [-0.2, -0.15) is 9.50 Å². The molecule has 1 amide bonds. The molecular formula is C26H27N5O2. The SMILES string of the molecule is Cc1c(Cc2ccccc2)c(=O)n2nc(-c3ccccc3)nc2n1CC(=O)NC1CCCC1. The van der Waals surface area contributed by atoms with Gasteiger partial charge >= 0.3 is 0 Å². The van der Waals surface area contributed by atoms with Crippen LogP contribution in [0, 0.1) is 6.92 Å². The summed E-state index contributed by atoms with van der Waals surface area (Å²) in [5.74, 6) is 0.786. The lowest BCUT2D eigenvalue weighted by atomic mass is 10.0. The summed E-state index contributed by atoms with van der Waals surface area (Å²) in [5.41, 5.74) is 3.01. The third-order valence-electron chi connectivity index (χ3n) is 6.40. The van der Waals surface area contributed by atoms with E-state index in [2.05, 4.69) is 15.4 Å². The third kappa shape index (κ3) is 4.31. The molecule has 1 N–H and O–H groups in total. The van der Waals surface area contributed by atoms with Gasteiger partial charge in [-0.05, 0) is 25.3 Å². The quantitative estimate of drug-likeness (QED) is 0.496. The summed E-state index contributed by atoms with van der Waals surface area (Å²) in [4.78, 5) is 31.1. The van der Waals surface area contributed by atoms with E-state index in [1.165, 1.54) is 4.52 Å². The first kappa shape index (κ1) is 21.1. The molecule has 1 aliphatic rings. The molecule has 1 aliphatic carbocycles. The largest absolute Gasteiger partial charge is 0.352 e. The van der Waals surface area contributed by atoms with E-state index < -0.39 is 0 Å². The number of aromatic nitrogens is 4. The monoisotopic (exact) mass is 441 g/mol. The van der Waals surface area contributed by atoms with Gasteiger partial charge in [-0.3, -0.25) is 9.59 Å². The fourth-order valence-electron chi connectivity index (χ4n) is 4.60. The number of carbonyl (C=O) groups excluding carboxylic acids is 1. The maximum absolute atomic E-state index is 13.5. The van der Waals surface area contributed by atoms with E-state index in [-0.39, 0.29) is 24.1 Å². The van der Waals surface area contributed by atoms with E-state index >= 15 is 0 Å². The zero-order valence-corrected chi connectivity index (χ0v) is 18.7. The van der Waals surface area contributed by atoms with Gasteiger partial charge in [-0.1, -0.05) is 73.5 Å². The van der Waals surface area contributed by atoms with Crippen LogP contribution in [0.1, 0.15) is 42.5 Å². The van der Waals surface area contributed by atoms with E-state index in [9.17, 15) is 9.59 Å². The Balaban J connectivity index is 1.60. The Kier molecular flexibility index (Phi) is 5.77. The molecular weight excluding hydrogens is 414 g/mol. The van der Waals surface area contributed by atoms with E-state index in [1.807, 2.05) is 72.2 Å². The van der Waals surface area contributed by atoms with E-state index in [0.717, 1.165) is 42.5 Å². The minimum atomic E-state index is -0.200. The predicted octanol–water partition coefficient (Wildman–Crippen LogP) is 3.52. The molecule has 4 aromatic rings. The van der Waals surface area contributed by atoms with Crippen molar-refractivity contribution in [2.75, 3.05) is 0 Å². The van der Waals surface area contributed by atoms with Crippen LogP contribution in [0.2, 0.25) is 0 Å². The van der Waals surface area contributed by atoms with Gasteiger partial charge in [-0.15, -0.1) is 5.10 Å². The highest BCUT2D eigenvalue weighted by molar-refractivity contribution is 5.77. The average Bonchev–Trinajstić information content (AvgIpc) is 3.51. The normalized spacial score (nSPS) is 14.1. The van der Waals surface area contributed by atoms with Crippen molar-refractivity contribution in [3.05, 3.63) is 87.8 Å². The Morgan fingerprint density at radius 2 is 1.70 bits per heavy atom. The van der Waals surface area contributed by atoms with Crippen molar-refractivity contribution in [1.29, 1.82) is 0 Å². The van der Waals surface area contributed by atoms with Crippen molar-refractivity contribution in [2.24, 2.45) is 0 Å². The van der Waals surface area contributed by atoms with Gasteiger partial charge in [0.1, 0.15) is 6.54 Å². The van der Waals surface area contributed by atoms with Gasteiger partial charge < -0.3 is 9.88 Å². The van der Waals surface area contributed by atoms with E-state index in [1.54, 1.807) is 0 Å². The molecule has 1 saturated carbocycles. The molecule has 0 saturated heterocycles. The zero-order chi connectivity index (χ0) is 22.8. The van der Waals surface area contributed by atoms with Gasteiger partial charge in [0.25, 0.3) is 5.56 Å². The molecule has 2 aromatic heterocycles. The van der Waals surface area contributed by atoms with Crippen molar-refractivity contribution in [3.8, 4) is 11.4 Å². The van der Waals surface area contributed by atoms with Gasteiger partial charge in [0.2, 0.25) is 11.7 Å². The van der Waals surface area contributed by atoms with Crippen LogP contribution in [0.3, 0.4) is 0 Å². The van der Waals surface area contributed by atoms with Gasteiger partial charge in [0.15, 0.2) is 5.82 Å². The number of nitrogens with zero attached hydrogens (tertiary/aromatic N) is 4. The standard InChI is InChI=1S/C26H27N5O2/c1-18-22(16-19-10-4-2-5-11-19)25(33)31-26(28-24(29-31)20-12-6-3-7-13-20)30(18)17-23(32)27-21-14-8-9-15-21/h2-7,10-13,21H,8-9,14-17H2,1H3,(H,27,32). The highest BCUT2D eigenvalue weighted by Gasteiger charge is 2.22. The molecule has 168 valence electrons. The fourth-order valence-corrected chi connectivity index (χ4v) is 4.60.